The van der Waals surface area contributed by atoms with E-state index in [1.165, 1.54) is 12.1 Å². The molecule has 0 radical (unpaired) electrons. The van der Waals surface area contributed by atoms with E-state index < -0.39 is 0 Å². The first-order valence-corrected chi connectivity index (χ1v) is 5.85. The number of carbonyl (C=O) groups is 1. The Bertz CT molecular complexity index is 404. The lowest BCUT2D eigenvalue weighted by molar-refractivity contribution is -0.117. The number of amides is 1. The minimum atomic E-state index is -0.278. The van der Waals surface area contributed by atoms with Crippen molar-refractivity contribution >= 4 is 11.6 Å². The Morgan fingerprint density at radius 2 is 2.06 bits per heavy atom. The third-order valence-electron chi connectivity index (χ3n) is 3.37. The molecular weight excluding hydrogens is 219 g/mol. The third-order valence-corrected chi connectivity index (χ3v) is 3.37. The zero-order chi connectivity index (χ0) is 12.4. The second-order valence-corrected chi connectivity index (χ2v) is 4.50. The van der Waals surface area contributed by atoms with Crippen molar-refractivity contribution in [1.29, 1.82) is 0 Å². The summed E-state index contributed by atoms with van der Waals surface area (Å²) in [7, 11) is 1.89. The molecule has 92 valence electrons. The molecule has 2 atom stereocenters. The van der Waals surface area contributed by atoms with Gasteiger partial charge in [0.15, 0.2) is 0 Å². The van der Waals surface area contributed by atoms with Crippen molar-refractivity contribution in [2.45, 2.75) is 19.4 Å². The highest BCUT2D eigenvalue weighted by Crippen LogP contribution is 2.30. The molecule has 1 saturated heterocycles. The molecule has 17 heavy (non-hydrogen) atoms. The molecule has 0 bridgehead atoms. The van der Waals surface area contributed by atoms with E-state index in [9.17, 15) is 9.18 Å². The van der Waals surface area contributed by atoms with E-state index in [2.05, 4.69) is 5.32 Å². The van der Waals surface area contributed by atoms with Crippen LogP contribution in [0, 0.1) is 11.7 Å². The lowest BCUT2D eigenvalue weighted by Crippen LogP contribution is -2.35. The minimum absolute atomic E-state index is 0.115. The van der Waals surface area contributed by atoms with Gasteiger partial charge in [0.2, 0.25) is 5.91 Å². The van der Waals surface area contributed by atoms with Gasteiger partial charge in [0.05, 0.1) is 0 Å². The lowest BCUT2D eigenvalue weighted by atomic mass is 10.0. The molecule has 1 heterocycles. The number of rotatable bonds is 3. The quantitative estimate of drug-likeness (QED) is 0.867. The topological polar surface area (TPSA) is 32.3 Å². The number of anilines is 1. The standard InChI is InChI=1S/C13H17FN2O/c1-9-10(8-15-2)7-13(17)16(9)12-5-3-11(14)4-6-12/h3-6,9-10,15H,7-8H2,1-2H3. The van der Waals surface area contributed by atoms with E-state index in [1.54, 1.807) is 17.0 Å². The smallest absolute Gasteiger partial charge is 0.227 e. The molecule has 0 aromatic heterocycles. The van der Waals surface area contributed by atoms with Gasteiger partial charge in [-0.05, 0) is 38.2 Å². The molecule has 2 rings (SSSR count). The Morgan fingerprint density at radius 1 is 1.41 bits per heavy atom. The SMILES string of the molecule is CNCC1CC(=O)N(c2ccc(F)cc2)C1C. The average molecular weight is 236 g/mol. The fraction of sp³-hybridized carbons (Fsp3) is 0.462. The van der Waals surface area contributed by atoms with Crippen molar-refractivity contribution in [2.75, 3.05) is 18.5 Å². The molecule has 1 aromatic rings. The molecule has 1 amide bonds. The zero-order valence-corrected chi connectivity index (χ0v) is 10.1. The maximum absolute atomic E-state index is 12.9. The van der Waals surface area contributed by atoms with Crippen LogP contribution in [0.1, 0.15) is 13.3 Å². The fourth-order valence-corrected chi connectivity index (χ4v) is 2.42. The molecule has 0 spiro atoms. The van der Waals surface area contributed by atoms with Crippen LogP contribution in [0.3, 0.4) is 0 Å². The first kappa shape index (κ1) is 12.0. The Kier molecular flexibility index (Phi) is 3.43. The minimum Gasteiger partial charge on any atom is -0.319 e. The summed E-state index contributed by atoms with van der Waals surface area (Å²) in [5.41, 5.74) is 0.780. The highest BCUT2D eigenvalue weighted by molar-refractivity contribution is 5.96. The molecule has 2 unspecified atom stereocenters. The van der Waals surface area contributed by atoms with Gasteiger partial charge in [0.1, 0.15) is 5.82 Å². The Hall–Kier alpha value is -1.42. The summed E-state index contributed by atoms with van der Waals surface area (Å²) >= 11 is 0. The van der Waals surface area contributed by atoms with Crippen LogP contribution in [0.5, 0.6) is 0 Å². The Morgan fingerprint density at radius 3 is 2.65 bits per heavy atom. The van der Waals surface area contributed by atoms with Crippen LogP contribution in [0.15, 0.2) is 24.3 Å². The van der Waals surface area contributed by atoms with Crippen LogP contribution in [-0.2, 0) is 4.79 Å². The van der Waals surface area contributed by atoms with Gasteiger partial charge < -0.3 is 10.2 Å². The first-order chi connectivity index (χ1) is 8.13. The van der Waals surface area contributed by atoms with Crippen molar-refractivity contribution in [1.82, 2.24) is 5.32 Å². The number of nitrogens with one attached hydrogen (secondary N) is 1. The maximum atomic E-state index is 12.9. The van der Waals surface area contributed by atoms with Gasteiger partial charge >= 0.3 is 0 Å². The molecule has 0 saturated carbocycles. The van der Waals surface area contributed by atoms with Crippen molar-refractivity contribution < 1.29 is 9.18 Å². The number of carbonyl (C=O) groups excluding carboxylic acids is 1. The summed E-state index contributed by atoms with van der Waals surface area (Å²) in [5, 5.41) is 3.10. The lowest BCUT2D eigenvalue weighted by Gasteiger charge is -2.24. The van der Waals surface area contributed by atoms with E-state index in [0.29, 0.717) is 12.3 Å². The average Bonchev–Trinajstić information content (AvgIpc) is 2.57. The molecule has 1 aliphatic rings. The molecule has 1 aromatic carbocycles. The van der Waals surface area contributed by atoms with Gasteiger partial charge in [-0.1, -0.05) is 0 Å². The van der Waals surface area contributed by atoms with Crippen molar-refractivity contribution in [3.8, 4) is 0 Å². The van der Waals surface area contributed by atoms with Crippen LogP contribution in [-0.4, -0.2) is 25.5 Å². The van der Waals surface area contributed by atoms with Gasteiger partial charge in [-0.2, -0.15) is 0 Å². The van der Waals surface area contributed by atoms with Crippen LogP contribution in [0.25, 0.3) is 0 Å². The summed E-state index contributed by atoms with van der Waals surface area (Å²) in [6, 6.07) is 6.25. The highest BCUT2D eigenvalue weighted by Gasteiger charge is 2.36. The van der Waals surface area contributed by atoms with Gasteiger partial charge in [0, 0.05) is 30.6 Å². The maximum Gasteiger partial charge on any atom is 0.227 e. The van der Waals surface area contributed by atoms with Crippen molar-refractivity contribution in [3.63, 3.8) is 0 Å². The summed E-state index contributed by atoms with van der Waals surface area (Å²) in [4.78, 5) is 13.7. The highest BCUT2D eigenvalue weighted by atomic mass is 19.1. The normalized spacial score (nSPS) is 24.4. The van der Waals surface area contributed by atoms with Crippen molar-refractivity contribution in [2.24, 2.45) is 5.92 Å². The van der Waals surface area contributed by atoms with E-state index >= 15 is 0 Å². The number of hydrogen-bond acceptors (Lipinski definition) is 2. The Balaban J connectivity index is 2.21. The number of benzene rings is 1. The molecule has 3 nitrogen and oxygen atoms in total. The summed E-state index contributed by atoms with van der Waals surface area (Å²) in [6.07, 6.45) is 0.555. The van der Waals surface area contributed by atoms with Gasteiger partial charge in [-0.25, -0.2) is 4.39 Å². The molecule has 1 N–H and O–H groups in total. The van der Waals surface area contributed by atoms with Crippen LogP contribution in [0.4, 0.5) is 10.1 Å². The largest absolute Gasteiger partial charge is 0.319 e. The predicted molar refractivity (Wildman–Crippen MR) is 65.4 cm³/mol. The second kappa shape index (κ2) is 4.84. The summed E-state index contributed by atoms with van der Waals surface area (Å²) in [5.74, 6) is 0.154. The predicted octanol–water partition coefficient (Wildman–Crippen LogP) is 1.79. The van der Waals surface area contributed by atoms with Crippen molar-refractivity contribution in [3.05, 3.63) is 30.1 Å². The molecule has 0 aliphatic carbocycles. The number of hydrogen-bond donors (Lipinski definition) is 1. The number of nitrogens with zero attached hydrogens (tertiary/aromatic N) is 1. The fourth-order valence-electron chi connectivity index (χ4n) is 2.42. The molecule has 1 fully saturated rings. The Labute approximate surface area is 101 Å². The van der Waals surface area contributed by atoms with Crippen LogP contribution >= 0.6 is 0 Å². The summed E-state index contributed by atoms with van der Waals surface area (Å²) in [6.45, 7) is 2.86. The number of halogens is 1. The van der Waals surface area contributed by atoms with Gasteiger partial charge in [0.25, 0.3) is 0 Å². The zero-order valence-electron chi connectivity index (χ0n) is 10.1. The van der Waals surface area contributed by atoms with E-state index in [-0.39, 0.29) is 17.8 Å². The van der Waals surface area contributed by atoms with E-state index in [1.807, 2.05) is 14.0 Å². The van der Waals surface area contributed by atoms with Crippen LogP contribution in [0.2, 0.25) is 0 Å². The molecule has 1 aliphatic heterocycles. The van der Waals surface area contributed by atoms with Gasteiger partial charge in [-0.3, -0.25) is 4.79 Å². The molecule has 4 heteroatoms. The second-order valence-electron chi connectivity index (χ2n) is 4.50. The van der Waals surface area contributed by atoms with E-state index in [0.717, 1.165) is 12.2 Å². The van der Waals surface area contributed by atoms with Crippen LogP contribution < -0.4 is 10.2 Å². The third kappa shape index (κ3) is 2.31. The van der Waals surface area contributed by atoms with E-state index in [4.69, 9.17) is 0 Å². The molecular formula is C13H17FN2O. The van der Waals surface area contributed by atoms with Gasteiger partial charge in [-0.15, -0.1) is 0 Å². The first-order valence-electron chi connectivity index (χ1n) is 5.85. The monoisotopic (exact) mass is 236 g/mol. The summed E-state index contributed by atoms with van der Waals surface area (Å²) < 4.78 is 12.9.